The molecule has 1 amide bonds. The molecule has 2 aromatic heterocycles. The summed E-state index contributed by atoms with van der Waals surface area (Å²) in [6, 6.07) is 5.78. The van der Waals surface area contributed by atoms with Crippen molar-refractivity contribution < 1.29 is 9.53 Å². The second-order valence-corrected chi connectivity index (χ2v) is 8.06. The van der Waals surface area contributed by atoms with Crippen LogP contribution in [0.4, 0.5) is 5.82 Å². The van der Waals surface area contributed by atoms with E-state index in [1.165, 1.54) is 11.3 Å². The number of hydrogen-bond acceptors (Lipinski definition) is 6. The zero-order chi connectivity index (χ0) is 17.2. The van der Waals surface area contributed by atoms with Gasteiger partial charge in [0.2, 0.25) is 0 Å². The van der Waals surface area contributed by atoms with Crippen LogP contribution in [0.15, 0.2) is 24.5 Å². The maximum atomic E-state index is 12.2. The molecule has 1 N–H and O–H groups in total. The summed E-state index contributed by atoms with van der Waals surface area (Å²) in [6.07, 6.45) is 3.45. The van der Waals surface area contributed by atoms with Gasteiger partial charge in [-0.2, -0.15) is 0 Å². The fraction of sp³-hybridized carbons (Fsp3) is 0.471. The van der Waals surface area contributed by atoms with Crippen LogP contribution in [-0.2, 0) is 4.74 Å². The van der Waals surface area contributed by atoms with Gasteiger partial charge in [0.25, 0.3) is 5.91 Å². The molecule has 2 aromatic rings. The van der Waals surface area contributed by atoms with Crippen molar-refractivity contribution >= 4 is 34.7 Å². The number of thiophene rings is 1. The Morgan fingerprint density at radius 3 is 2.80 bits per heavy atom. The predicted octanol–water partition coefficient (Wildman–Crippen LogP) is 2.70. The molecule has 132 valence electrons. The monoisotopic (exact) mass is 378 g/mol. The van der Waals surface area contributed by atoms with Gasteiger partial charge in [0.1, 0.15) is 12.1 Å². The molecular formula is C17H19ClN4O2S. The Balaban J connectivity index is 1.33. The topological polar surface area (TPSA) is 67.4 Å². The third kappa shape index (κ3) is 3.78. The summed E-state index contributed by atoms with van der Waals surface area (Å²) in [5.41, 5.74) is 1.06. The van der Waals surface area contributed by atoms with Crippen LogP contribution in [0.25, 0.3) is 0 Å². The highest BCUT2D eigenvalue weighted by Crippen LogP contribution is 2.37. The lowest BCUT2D eigenvalue weighted by molar-refractivity contribution is 0.0912. The van der Waals surface area contributed by atoms with Crippen LogP contribution in [0, 0.1) is 0 Å². The number of carbonyl (C=O) groups is 1. The number of halogens is 1. The molecule has 0 spiro atoms. The summed E-state index contributed by atoms with van der Waals surface area (Å²) in [5, 5.41) is 3.07. The number of carbonyl (C=O) groups excluding carboxylic acids is 1. The lowest BCUT2D eigenvalue weighted by Crippen LogP contribution is -2.43. The van der Waals surface area contributed by atoms with Crippen molar-refractivity contribution in [3.05, 3.63) is 39.4 Å². The third-order valence-electron chi connectivity index (χ3n) is 4.70. The number of morpholine rings is 1. The molecule has 0 atom stereocenters. The summed E-state index contributed by atoms with van der Waals surface area (Å²) in [6.45, 7) is 3.21. The minimum Gasteiger partial charge on any atom is -0.378 e. The number of nitrogens with zero attached hydrogens (tertiary/aromatic N) is 3. The first kappa shape index (κ1) is 16.8. The number of ether oxygens (including phenoxy) is 1. The van der Waals surface area contributed by atoms with Gasteiger partial charge in [-0.1, -0.05) is 11.6 Å². The fourth-order valence-corrected chi connectivity index (χ4v) is 4.17. The minimum atomic E-state index is -0.0444. The van der Waals surface area contributed by atoms with E-state index in [9.17, 15) is 4.79 Å². The minimum absolute atomic E-state index is 0.0444. The Hall–Kier alpha value is -1.70. The molecule has 1 aliphatic heterocycles. The quantitative estimate of drug-likeness (QED) is 0.886. The zero-order valence-electron chi connectivity index (χ0n) is 13.7. The van der Waals surface area contributed by atoms with Crippen LogP contribution in [0.3, 0.4) is 0 Å². The van der Waals surface area contributed by atoms with Gasteiger partial charge in [0, 0.05) is 36.8 Å². The second kappa shape index (κ2) is 7.27. The van der Waals surface area contributed by atoms with Crippen LogP contribution < -0.4 is 10.2 Å². The van der Waals surface area contributed by atoms with Gasteiger partial charge in [-0.05, 0) is 25.0 Å². The Kier molecular flexibility index (Phi) is 4.87. The average molecular weight is 379 g/mol. The molecule has 0 radical (unpaired) electrons. The second-order valence-electron chi connectivity index (χ2n) is 6.34. The van der Waals surface area contributed by atoms with Gasteiger partial charge >= 0.3 is 0 Å². The molecule has 3 heterocycles. The van der Waals surface area contributed by atoms with Crippen LogP contribution in [-0.4, -0.2) is 48.2 Å². The number of nitrogens with one attached hydrogen (secondary N) is 1. The van der Waals surface area contributed by atoms with Crippen LogP contribution in [0.5, 0.6) is 0 Å². The van der Waals surface area contributed by atoms with Gasteiger partial charge < -0.3 is 15.0 Å². The molecule has 4 rings (SSSR count). The molecule has 1 saturated heterocycles. The van der Waals surface area contributed by atoms with Crippen molar-refractivity contribution in [1.29, 1.82) is 0 Å². The van der Waals surface area contributed by atoms with E-state index in [4.69, 9.17) is 16.3 Å². The first-order valence-electron chi connectivity index (χ1n) is 8.40. The van der Waals surface area contributed by atoms with E-state index in [2.05, 4.69) is 26.3 Å². The highest BCUT2D eigenvalue weighted by atomic mass is 35.5. The Morgan fingerprint density at radius 1 is 1.28 bits per heavy atom. The van der Waals surface area contributed by atoms with Crippen molar-refractivity contribution in [2.75, 3.05) is 31.2 Å². The molecule has 1 saturated carbocycles. The zero-order valence-corrected chi connectivity index (χ0v) is 15.2. The number of aromatic nitrogens is 2. The van der Waals surface area contributed by atoms with E-state index >= 15 is 0 Å². The van der Waals surface area contributed by atoms with Crippen molar-refractivity contribution in [3.63, 3.8) is 0 Å². The van der Waals surface area contributed by atoms with Gasteiger partial charge in [-0.15, -0.1) is 11.3 Å². The van der Waals surface area contributed by atoms with Gasteiger partial charge in [0.05, 0.1) is 22.4 Å². The lowest BCUT2D eigenvalue weighted by atomic mass is 9.78. The van der Waals surface area contributed by atoms with Crippen molar-refractivity contribution in [2.45, 2.75) is 24.8 Å². The molecule has 0 unspecified atom stereocenters. The van der Waals surface area contributed by atoms with Crippen LogP contribution >= 0.6 is 22.9 Å². The van der Waals surface area contributed by atoms with E-state index in [1.807, 2.05) is 0 Å². The number of amides is 1. The molecule has 2 fully saturated rings. The smallest absolute Gasteiger partial charge is 0.261 e. The summed E-state index contributed by atoms with van der Waals surface area (Å²) in [5.74, 6) is 1.30. The molecule has 25 heavy (non-hydrogen) atoms. The summed E-state index contributed by atoms with van der Waals surface area (Å²) in [7, 11) is 0. The van der Waals surface area contributed by atoms with Crippen LogP contribution in [0.2, 0.25) is 4.34 Å². The fourth-order valence-electron chi connectivity index (χ4n) is 3.22. The van der Waals surface area contributed by atoms with Crippen molar-refractivity contribution in [2.24, 2.45) is 0 Å². The van der Waals surface area contributed by atoms with Gasteiger partial charge in [-0.3, -0.25) is 4.79 Å². The summed E-state index contributed by atoms with van der Waals surface area (Å²) in [4.78, 5) is 23.9. The van der Waals surface area contributed by atoms with Gasteiger partial charge in [-0.25, -0.2) is 9.97 Å². The normalized spacial score (nSPS) is 23.2. The highest BCUT2D eigenvalue weighted by molar-refractivity contribution is 7.18. The Bertz CT molecular complexity index is 757. The van der Waals surface area contributed by atoms with E-state index < -0.39 is 0 Å². The third-order valence-corrected chi connectivity index (χ3v) is 5.93. The maximum Gasteiger partial charge on any atom is 0.261 e. The molecule has 8 heteroatoms. The summed E-state index contributed by atoms with van der Waals surface area (Å²) < 4.78 is 6.02. The van der Waals surface area contributed by atoms with Crippen molar-refractivity contribution in [3.8, 4) is 0 Å². The summed E-state index contributed by atoms with van der Waals surface area (Å²) >= 11 is 7.19. The molecule has 6 nitrogen and oxygen atoms in total. The number of rotatable bonds is 4. The number of hydrogen-bond donors (Lipinski definition) is 1. The molecule has 1 aliphatic carbocycles. The lowest BCUT2D eigenvalue weighted by Gasteiger charge is -2.36. The standard InChI is InChI=1S/C17H19ClN4O2S/c18-15-2-1-14(25-15)17(23)21-12-7-11(8-12)13-9-16(20-10-19-13)22-3-5-24-6-4-22/h1-2,9-12H,3-8H2,(H,21,23). The largest absolute Gasteiger partial charge is 0.378 e. The van der Waals surface area contributed by atoms with E-state index in [-0.39, 0.29) is 11.9 Å². The van der Waals surface area contributed by atoms with E-state index in [0.29, 0.717) is 15.1 Å². The van der Waals surface area contributed by atoms with Gasteiger partial charge in [0.15, 0.2) is 0 Å². The predicted molar refractivity (Wildman–Crippen MR) is 97.6 cm³/mol. The first-order valence-corrected chi connectivity index (χ1v) is 9.59. The molecule has 0 aromatic carbocycles. The maximum absolute atomic E-state index is 12.2. The van der Waals surface area contributed by atoms with E-state index in [0.717, 1.165) is 50.7 Å². The van der Waals surface area contributed by atoms with E-state index in [1.54, 1.807) is 18.5 Å². The average Bonchev–Trinajstić information content (AvgIpc) is 3.05. The Morgan fingerprint density at radius 2 is 2.08 bits per heavy atom. The first-order chi connectivity index (χ1) is 12.2. The van der Waals surface area contributed by atoms with Crippen LogP contribution in [0.1, 0.15) is 34.1 Å². The number of anilines is 1. The SMILES string of the molecule is O=C(NC1CC(c2cc(N3CCOCC3)ncn2)C1)c1ccc(Cl)s1. The molecule has 2 aliphatic rings. The molecule has 0 bridgehead atoms. The van der Waals surface area contributed by atoms with Crippen molar-refractivity contribution in [1.82, 2.24) is 15.3 Å². The Labute approximate surface area is 155 Å². The highest BCUT2D eigenvalue weighted by Gasteiger charge is 2.33. The molecular weight excluding hydrogens is 360 g/mol.